The largest absolute Gasteiger partial charge is 0.478 e. The fraction of sp³-hybridized carbons (Fsp3) is 0.429. The van der Waals surface area contributed by atoms with Gasteiger partial charge in [0, 0.05) is 0 Å². The molecule has 1 aromatic rings. The number of hydrogen-bond donors (Lipinski definition) is 2. The van der Waals surface area contributed by atoms with Gasteiger partial charge in [0.15, 0.2) is 0 Å². The van der Waals surface area contributed by atoms with Gasteiger partial charge in [0.05, 0.1) is 18.3 Å². The monoisotopic (exact) mass is 278 g/mol. The zero-order valence-corrected chi connectivity index (χ0v) is 11.3. The predicted molar refractivity (Wildman–Crippen MR) is 73.7 cm³/mol. The molecule has 1 amide bonds. The van der Waals surface area contributed by atoms with E-state index in [1.54, 1.807) is 24.3 Å². The van der Waals surface area contributed by atoms with Crippen molar-refractivity contribution >= 4 is 17.6 Å². The van der Waals surface area contributed by atoms with Crippen molar-refractivity contribution in [3.63, 3.8) is 0 Å². The number of hydrogen-bond acceptors (Lipinski definition) is 4. The maximum Gasteiger partial charge on any atom is 0.346 e. The van der Waals surface area contributed by atoms with Crippen molar-refractivity contribution in [2.24, 2.45) is 5.73 Å². The van der Waals surface area contributed by atoms with Crippen LogP contribution in [0.1, 0.15) is 19.8 Å². The van der Waals surface area contributed by atoms with Crippen molar-refractivity contribution in [2.45, 2.75) is 31.9 Å². The Bertz CT molecular complexity index is 518. The molecule has 0 saturated heterocycles. The fourth-order valence-corrected chi connectivity index (χ4v) is 2.21. The molecule has 108 valence electrons. The number of rotatable bonds is 4. The van der Waals surface area contributed by atoms with Crippen molar-refractivity contribution < 1.29 is 19.4 Å². The van der Waals surface area contributed by atoms with Crippen LogP contribution in [0.4, 0.5) is 5.69 Å². The molecule has 1 aliphatic heterocycles. The Balaban J connectivity index is 2.31. The summed E-state index contributed by atoms with van der Waals surface area (Å²) in [6, 6.07) is 6.26. The van der Waals surface area contributed by atoms with E-state index in [1.807, 2.05) is 6.92 Å². The Morgan fingerprint density at radius 2 is 2.20 bits per heavy atom. The van der Waals surface area contributed by atoms with Gasteiger partial charge in [-0.1, -0.05) is 25.5 Å². The molecule has 20 heavy (non-hydrogen) atoms. The van der Waals surface area contributed by atoms with E-state index in [1.165, 1.54) is 4.90 Å². The van der Waals surface area contributed by atoms with Gasteiger partial charge in [-0.15, -0.1) is 0 Å². The maximum atomic E-state index is 12.4. The van der Waals surface area contributed by atoms with Crippen molar-refractivity contribution in [1.29, 1.82) is 0 Å². The Labute approximate surface area is 117 Å². The van der Waals surface area contributed by atoms with E-state index >= 15 is 0 Å². The second-order valence-electron chi connectivity index (χ2n) is 4.76. The van der Waals surface area contributed by atoms with Crippen LogP contribution < -0.4 is 15.4 Å². The molecular formula is C14H18N2O4. The third-order valence-electron chi connectivity index (χ3n) is 3.23. The number of ether oxygens (including phenoxy) is 1. The van der Waals surface area contributed by atoms with Crippen LogP contribution in [-0.2, 0) is 9.59 Å². The van der Waals surface area contributed by atoms with Crippen LogP contribution in [0.15, 0.2) is 24.3 Å². The third kappa shape index (κ3) is 2.75. The van der Waals surface area contributed by atoms with Gasteiger partial charge in [0.2, 0.25) is 12.0 Å². The average molecular weight is 278 g/mol. The molecule has 0 radical (unpaired) electrons. The number of nitrogens with zero attached hydrogens (tertiary/aromatic N) is 1. The first-order valence-electron chi connectivity index (χ1n) is 6.60. The summed E-state index contributed by atoms with van der Waals surface area (Å²) >= 11 is 0. The minimum absolute atomic E-state index is 0.0252. The predicted octanol–water partition coefficient (Wildman–Crippen LogP) is 0.993. The Morgan fingerprint density at radius 1 is 1.50 bits per heavy atom. The maximum absolute atomic E-state index is 12.4. The van der Waals surface area contributed by atoms with E-state index in [0.29, 0.717) is 17.9 Å². The Kier molecular flexibility index (Phi) is 4.24. The number of aliphatic carboxylic acids is 1. The molecule has 0 aromatic heterocycles. The molecule has 1 aliphatic rings. The standard InChI is InChI=1S/C14H18N2O4/c1-2-5-9(15)13(17)16-8-12(14(18)19)20-11-7-4-3-6-10(11)16/h3-4,6-7,9,12H,2,5,8,15H2,1H3,(H,18,19)/t9-,12?/m1/s1. The number of carboxylic acids is 1. The number of carbonyl (C=O) groups is 2. The summed E-state index contributed by atoms with van der Waals surface area (Å²) < 4.78 is 5.38. The molecule has 2 atom stereocenters. The summed E-state index contributed by atoms with van der Waals surface area (Å²) in [5, 5.41) is 9.11. The lowest BCUT2D eigenvalue weighted by atomic mass is 10.1. The van der Waals surface area contributed by atoms with Crippen LogP contribution in [0.5, 0.6) is 5.75 Å². The molecule has 3 N–H and O–H groups in total. The summed E-state index contributed by atoms with van der Waals surface area (Å²) in [5.41, 5.74) is 6.43. The number of anilines is 1. The lowest BCUT2D eigenvalue weighted by Crippen LogP contribution is -2.52. The average Bonchev–Trinajstić information content (AvgIpc) is 2.45. The van der Waals surface area contributed by atoms with Crippen molar-refractivity contribution in [3.8, 4) is 5.75 Å². The highest BCUT2D eigenvalue weighted by atomic mass is 16.5. The SMILES string of the molecule is CCC[C@@H](N)C(=O)N1CC(C(=O)O)Oc2ccccc21. The first-order valence-corrected chi connectivity index (χ1v) is 6.60. The van der Waals surface area contributed by atoms with Gasteiger partial charge in [0.25, 0.3) is 0 Å². The number of carboxylic acid groups (broad SMARTS) is 1. The van der Waals surface area contributed by atoms with Crippen LogP contribution in [0.25, 0.3) is 0 Å². The van der Waals surface area contributed by atoms with Gasteiger partial charge < -0.3 is 20.5 Å². The van der Waals surface area contributed by atoms with Crippen LogP contribution in [0.2, 0.25) is 0 Å². The minimum atomic E-state index is -1.10. The van der Waals surface area contributed by atoms with E-state index in [-0.39, 0.29) is 12.5 Å². The minimum Gasteiger partial charge on any atom is -0.478 e. The lowest BCUT2D eigenvalue weighted by molar-refractivity contribution is -0.145. The first kappa shape index (κ1) is 14.3. The number of nitrogens with two attached hydrogens (primary N) is 1. The molecule has 0 spiro atoms. The van der Waals surface area contributed by atoms with E-state index in [2.05, 4.69) is 0 Å². The summed E-state index contributed by atoms with van der Waals surface area (Å²) in [7, 11) is 0. The molecule has 0 fully saturated rings. The molecule has 6 nitrogen and oxygen atoms in total. The first-order chi connectivity index (χ1) is 9.54. The highest BCUT2D eigenvalue weighted by molar-refractivity contribution is 5.99. The molecule has 2 rings (SSSR count). The van der Waals surface area contributed by atoms with Crippen LogP contribution in [0, 0.1) is 0 Å². The zero-order chi connectivity index (χ0) is 14.7. The van der Waals surface area contributed by atoms with Gasteiger partial charge >= 0.3 is 5.97 Å². The summed E-state index contributed by atoms with van der Waals surface area (Å²) in [6.45, 7) is 1.92. The van der Waals surface area contributed by atoms with Gasteiger partial charge in [-0.05, 0) is 18.6 Å². The molecule has 0 saturated carbocycles. The van der Waals surface area contributed by atoms with E-state index in [0.717, 1.165) is 6.42 Å². The van der Waals surface area contributed by atoms with Gasteiger partial charge in [-0.3, -0.25) is 4.79 Å². The van der Waals surface area contributed by atoms with Crippen molar-refractivity contribution in [2.75, 3.05) is 11.4 Å². The van der Waals surface area contributed by atoms with E-state index in [4.69, 9.17) is 15.6 Å². The quantitative estimate of drug-likeness (QED) is 0.856. The molecule has 1 aromatic carbocycles. The van der Waals surface area contributed by atoms with Crippen LogP contribution in [0.3, 0.4) is 0 Å². The summed E-state index contributed by atoms with van der Waals surface area (Å²) in [5.74, 6) is -0.974. The summed E-state index contributed by atoms with van der Waals surface area (Å²) in [4.78, 5) is 24.9. The number of amides is 1. The van der Waals surface area contributed by atoms with Crippen molar-refractivity contribution in [1.82, 2.24) is 0 Å². The smallest absolute Gasteiger partial charge is 0.346 e. The molecule has 1 unspecified atom stereocenters. The van der Waals surface area contributed by atoms with Gasteiger partial charge in [0.1, 0.15) is 5.75 Å². The second kappa shape index (κ2) is 5.92. The molecule has 1 heterocycles. The van der Waals surface area contributed by atoms with E-state index < -0.39 is 18.1 Å². The number of carbonyl (C=O) groups excluding carboxylic acids is 1. The molecule has 6 heteroatoms. The zero-order valence-electron chi connectivity index (χ0n) is 11.3. The highest BCUT2D eigenvalue weighted by Gasteiger charge is 2.35. The summed E-state index contributed by atoms with van der Waals surface area (Å²) in [6.07, 6.45) is 0.292. The van der Waals surface area contributed by atoms with Crippen molar-refractivity contribution in [3.05, 3.63) is 24.3 Å². The Morgan fingerprint density at radius 3 is 2.85 bits per heavy atom. The number of benzene rings is 1. The number of fused-ring (bicyclic) bond motifs is 1. The third-order valence-corrected chi connectivity index (χ3v) is 3.23. The topological polar surface area (TPSA) is 92.9 Å². The van der Waals surface area contributed by atoms with Gasteiger partial charge in [-0.2, -0.15) is 0 Å². The normalized spacial score (nSPS) is 18.9. The fourth-order valence-electron chi connectivity index (χ4n) is 2.21. The number of para-hydroxylation sites is 2. The highest BCUT2D eigenvalue weighted by Crippen LogP contribution is 2.33. The van der Waals surface area contributed by atoms with Gasteiger partial charge in [-0.25, -0.2) is 4.79 Å². The second-order valence-corrected chi connectivity index (χ2v) is 4.76. The molecule has 0 aliphatic carbocycles. The lowest BCUT2D eigenvalue weighted by Gasteiger charge is -2.34. The molecule has 0 bridgehead atoms. The van der Waals surface area contributed by atoms with E-state index in [9.17, 15) is 9.59 Å². The van der Waals surface area contributed by atoms with Crippen LogP contribution >= 0.6 is 0 Å². The van der Waals surface area contributed by atoms with Crippen LogP contribution in [-0.4, -0.2) is 35.7 Å². The molecular weight excluding hydrogens is 260 g/mol. The Hall–Kier alpha value is -2.08.